The van der Waals surface area contributed by atoms with Crippen LogP contribution in [0.15, 0.2) is 24.5 Å². The van der Waals surface area contributed by atoms with Gasteiger partial charge in [0.05, 0.1) is 6.61 Å². The summed E-state index contributed by atoms with van der Waals surface area (Å²) in [4.78, 5) is 26.5. The first-order valence-corrected chi connectivity index (χ1v) is 5.39. The number of carbonyl (C=O) groups is 2. The molecule has 0 bridgehead atoms. The lowest BCUT2D eigenvalue weighted by molar-refractivity contribution is -0.167. The van der Waals surface area contributed by atoms with Gasteiger partial charge in [-0.1, -0.05) is 6.92 Å². The predicted octanol–water partition coefficient (Wildman–Crippen LogP) is 1.64. The molecule has 1 heterocycles. The lowest BCUT2D eigenvalue weighted by Gasteiger charge is -2.15. The third kappa shape index (κ3) is 4.22. The van der Waals surface area contributed by atoms with Crippen molar-refractivity contribution in [2.45, 2.75) is 26.4 Å². The lowest BCUT2D eigenvalue weighted by atomic mass is 10.1. The first kappa shape index (κ1) is 13.2. The van der Waals surface area contributed by atoms with Crippen LogP contribution in [0.2, 0.25) is 0 Å². The summed E-state index contributed by atoms with van der Waals surface area (Å²) in [7, 11) is 0. The number of nitrogens with zero attached hydrogens (tertiary/aromatic N) is 1. The minimum absolute atomic E-state index is 0.307. The van der Waals surface area contributed by atoms with E-state index in [2.05, 4.69) is 4.98 Å². The van der Waals surface area contributed by atoms with Crippen molar-refractivity contribution >= 4 is 11.9 Å². The fourth-order valence-corrected chi connectivity index (χ4v) is 1.23. The van der Waals surface area contributed by atoms with Crippen molar-refractivity contribution < 1.29 is 19.1 Å². The Morgan fingerprint density at radius 1 is 1.35 bits per heavy atom. The van der Waals surface area contributed by atoms with Crippen LogP contribution in [-0.2, 0) is 19.1 Å². The summed E-state index contributed by atoms with van der Waals surface area (Å²) in [6, 6.07) is 3.22. The molecule has 92 valence electrons. The van der Waals surface area contributed by atoms with E-state index in [1.54, 1.807) is 12.1 Å². The second-order valence-electron chi connectivity index (χ2n) is 3.44. The predicted molar refractivity (Wildman–Crippen MR) is 60.0 cm³/mol. The molecule has 0 aliphatic carbocycles. The van der Waals surface area contributed by atoms with Crippen LogP contribution in [0.25, 0.3) is 0 Å². The van der Waals surface area contributed by atoms with Gasteiger partial charge in [0.1, 0.15) is 0 Å². The molecule has 0 radical (unpaired) electrons. The van der Waals surface area contributed by atoms with Crippen molar-refractivity contribution in [3.63, 3.8) is 0 Å². The van der Waals surface area contributed by atoms with Gasteiger partial charge < -0.3 is 9.47 Å². The van der Waals surface area contributed by atoms with Crippen molar-refractivity contribution in [1.29, 1.82) is 0 Å². The van der Waals surface area contributed by atoms with Gasteiger partial charge in [-0.2, -0.15) is 0 Å². The van der Waals surface area contributed by atoms with Crippen LogP contribution < -0.4 is 0 Å². The zero-order valence-corrected chi connectivity index (χ0v) is 9.88. The molecule has 1 aromatic rings. The second-order valence-corrected chi connectivity index (χ2v) is 3.44. The maximum atomic E-state index is 11.7. The van der Waals surface area contributed by atoms with E-state index in [0.717, 1.165) is 6.42 Å². The normalized spacial score (nSPS) is 11.6. The third-order valence-electron chi connectivity index (χ3n) is 1.96. The van der Waals surface area contributed by atoms with Gasteiger partial charge in [-0.05, 0) is 18.6 Å². The fraction of sp³-hybridized carbons (Fsp3) is 0.417. The van der Waals surface area contributed by atoms with Gasteiger partial charge in [0, 0.05) is 24.9 Å². The molecule has 0 saturated carbocycles. The van der Waals surface area contributed by atoms with Crippen LogP contribution in [0.3, 0.4) is 0 Å². The Balaban J connectivity index is 2.80. The molecule has 0 spiro atoms. The third-order valence-corrected chi connectivity index (χ3v) is 1.96. The van der Waals surface area contributed by atoms with Crippen molar-refractivity contribution in [1.82, 2.24) is 4.98 Å². The number of carbonyl (C=O) groups excluding carboxylic acids is 2. The van der Waals surface area contributed by atoms with Gasteiger partial charge in [0.2, 0.25) is 6.10 Å². The molecular formula is C12H15NO4. The summed E-state index contributed by atoms with van der Waals surface area (Å²) >= 11 is 0. The smallest absolute Gasteiger partial charge is 0.352 e. The molecule has 0 aliphatic heterocycles. The minimum atomic E-state index is -1.01. The van der Waals surface area contributed by atoms with Crippen LogP contribution in [-0.4, -0.2) is 23.5 Å². The Morgan fingerprint density at radius 3 is 2.53 bits per heavy atom. The molecule has 0 N–H and O–H groups in total. The van der Waals surface area contributed by atoms with Crippen LogP contribution in [0.5, 0.6) is 0 Å². The largest absolute Gasteiger partial charge is 0.463 e. The standard InChI is InChI=1S/C12H15NO4/c1-3-8-16-12(15)11(17-9(2)14)10-4-6-13-7-5-10/h4-7,11H,3,8H2,1-2H3. The average Bonchev–Trinajstić information content (AvgIpc) is 2.34. The molecule has 0 aliphatic rings. The van der Waals surface area contributed by atoms with E-state index in [4.69, 9.17) is 9.47 Å². The monoisotopic (exact) mass is 237 g/mol. The molecule has 0 fully saturated rings. The first-order chi connectivity index (χ1) is 8.15. The molecule has 1 rings (SSSR count). The number of hydrogen-bond acceptors (Lipinski definition) is 5. The Labute approximate surface area is 99.8 Å². The summed E-state index contributed by atoms with van der Waals surface area (Å²) in [5, 5.41) is 0. The quantitative estimate of drug-likeness (QED) is 0.728. The molecule has 17 heavy (non-hydrogen) atoms. The van der Waals surface area contributed by atoms with Crippen molar-refractivity contribution in [3.05, 3.63) is 30.1 Å². The van der Waals surface area contributed by atoms with Crippen molar-refractivity contribution in [2.24, 2.45) is 0 Å². The topological polar surface area (TPSA) is 65.5 Å². The van der Waals surface area contributed by atoms with E-state index < -0.39 is 18.0 Å². The maximum absolute atomic E-state index is 11.7. The van der Waals surface area contributed by atoms with Crippen LogP contribution in [0.1, 0.15) is 31.9 Å². The molecule has 0 saturated heterocycles. The zero-order valence-electron chi connectivity index (χ0n) is 9.88. The molecule has 0 amide bonds. The number of ether oxygens (including phenoxy) is 2. The highest BCUT2D eigenvalue weighted by molar-refractivity contribution is 5.80. The van der Waals surface area contributed by atoms with Crippen molar-refractivity contribution in [2.75, 3.05) is 6.61 Å². The molecule has 5 nitrogen and oxygen atoms in total. The van der Waals surface area contributed by atoms with Gasteiger partial charge in [0.15, 0.2) is 0 Å². The Kier molecular flexibility index (Phi) is 5.13. The van der Waals surface area contributed by atoms with Gasteiger partial charge >= 0.3 is 11.9 Å². The van der Waals surface area contributed by atoms with Gasteiger partial charge in [0.25, 0.3) is 0 Å². The SMILES string of the molecule is CCCOC(=O)C(OC(C)=O)c1ccncc1. The zero-order chi connectivity index (χ0) is 12.7. The van der Waals surface area contributed by atoms with E-state index >= 15 is 0 Å². The highest BCUT2D eigenvalue weighted by atomic mass is 16.6. The van der Waals surface area contributed by atoms with E-state index in [0.29, 0.717) is 12.2 Å². The van der Waals surface area contributed by atoms with E-state index in [9.17, 15) is 9.59 Å². The highest BCUT2D eigenvalue weighted by Crippen LogP contribution is 2.18. The fourth-order valence-electron chi connectivity index (χ4n) is 1.23. The van der Waals surface area contributed by atoms with Gasteiger partial charge in [-0.25, -0.2) is 4.79 Å². The number of pyridine rings is 1. The van der Waals surface area contributed by atoms with E-state index in [-0.39, 0.29) is 0 Å². The Bertz CT molecular complexity index is 377. The second kappa shape index (κ2) is 6.62. The van der Waals surface area contributed by atoms with Crippen LogP contribution in [0.4, 0.5) is 0 Å². The summed E-state index contributed by atoms with van der Waals surface area (Å²) in [5.74, 6) is -1.09. The summed E-state index contributed by atoms with van der Waals surface area (Å²) in [5.41, 5.74) is 0.552. The average molecular weight is 237 g/mol. The lowest BCUT2D eigenvalue weighted by Crippen LogP contribution is -2.21. The molecule has 1 aromatic heterocycles. The summed E-state index contributed by atoms with van der Waals surface area (Å²) in [6.45, 7) is 3.45. The first-order valence-electron chi connectivity index (χ1n) is 5.39. The van der Waals surface area contributed by atoms with E-state index in [1.807, 2.05) is 6.92 Å². The van der Waals surface area contributed by atoms with Gasteiger partial charge in [-0.3, -0.25) is 9.78 Å². The number of aromatic nitrogens is 1. The van der Waals surface area contributed by atoms with Crippen LogP contribution >= 0.6 is 0 Å². The van der Waals surface area contributed by atoms with E-state index in [1.165, 1.54) is 19.3 Å². The summed E-state index contributed by atoms with van der Waals surface area (Å²) < 4.78 is 9.93. The Morgan fingerprint density at radius 2 is 2.00 bits per heavy atom. The minimum Gasteiger partial charge on any atom is -0.463 e. The Hall–Kier alpha value is -1.91. The van der Waals surface area contributed by atoms with Crippen LogP contribution in [0, 0.1) is 0 Å². The molecule has 1 unspecified atom stereocenters. The molecule has 1 atom stereocenters. The molecule has 5 heteroatoms. The highest BCUT2D eigenvalue weighted by Gasteiger charge is 2.25. The van der Waals surface area contributed by atoms with Crippen molar-refractivity contribution in [3.8, 4) is 0 Å². The number of rotatable bonds is 5. The molecular weight excluding hydrogens is 222 g/mol. The number of esters is 2. The number of hydrogen-bond donors (Lipinski definition) is 0. The van der Waals surface area contributed by atoms with Gasteiger partial charge in [-0.15, -0.1) is 0 Å². The summed E-state index contributed by atoms with van der Waals surface area (Å²) in [6.07, 6.45) is 2.76. The molecule has 0 aromatic carbocycles. The maximum Gasteiger partial charge on any atom is 0.352 e.